The highest BCUT2D eigenvalue weighted by atomic mass is 35.5. The summed E-state index contributed by atoms with van der Waals surface area (Å²) in [4.78, 5) is 14.3. The zero-order valence-electron chi connectivity index (χ0n) is 18.1. The number of hydrogen-bond donors (Lipinski definition) is 0. The molecule has 7 heteroatoms. The number of hydrogen-bond acceptors (Lipinski definition) is 4. The zero-order valence-corrected chi connectivity index (χ0v) is 18.8. The lowest BCUT2D eigenvalue weighted by Crippen LogP contribution is -2.24. The summed E-state index contributed by atoms with van der Waals surface area (Å²) >= 11 is 6.44. The Balaban J connectivity index is 2.13. The highest BCUT2D eigenvalue weighted by Crippen LogP contribution is 2.30. The van der Waals surface area contributed by atoms with Crippen LogP contribution in [0.1, 0.15) is 42.1 Å². The predicted octanol–water partition coefficient (Wildman–Crippen LogP) is 4.64. The Morgan fingerprint density at radius 3 is 2.52 bits per heavy atom. The number of methoxy groups -OCH3 is 2. The maximum absolute atomic E-state index is 12.6. The summed E-state index contributed by atoms with van der Waals surface area (Å²) in [6, 6.07) is 3.82. The van der Waals surface area contributed by atoms with E-state index in [1.165, 1.54) is 6.08 Å². The van der Waals surface area contributed by atoms with E-state index in [9.17, 15) is 4.79 Å². The highest BCUT2D eigenvalue weighted by Gasteiger charge is 2.14. The number of aromatic nitrogens is 2. The molecule has 29 heavy (non-hydrogen) atoms. The number of benzene rings is 1. The van der Waals surface area contributed by atoms with Crippen LogP contribution in [0.15, 0.2) is 18.2 Å². The van der Waals surface area contributed by atoms with Crippen LogP contribution in [0.25, 0.3) is 6.08 Å². The van der Waals surface area contributed by atoms with Crippen molar-refractivity contribution >= 4 is 23.6 Å². The van der Waals surface area contributed by atoms with Gasteiger partial charge in [0.05, 0.1) is 19.9 Å². The number of likely N-dealkylation sites (N-methyl/N-ethyl adjacent to an activating group) is 1. The lowest BCUT2D eigenvalue weighted by Gasteiger charge is -2.18. The van der Waals surface area contributed by atoms with Gasteiger partial charge < -0.3 is 14.4 Å². The van der Waals surface area contributed by atoms with Gasteiger partial charge in [-0.25, -0.2) is 0 Å². The van der Waals surface area contributed by atoms with Crippen LogP contribution in [-0.2, 0) is 17.9 Å². The molecule has 1 amide bonds. The molecule has 0 aliphatic carbocycles. The molecule has 0 unspecified atom stereocenters. The number of ether oxygens (including phenoxy) is 2. The maximum atomic E-state index is 12.6. The SMILES string of the molecule is CCCCn1nc(C)c(/C=C/C(=O)N(C)Cc2cc(OC)c(OC)cc2C)c1Cl. The molecule has 0 aliphatic heterocycles. The van der Waals surface area contributed by atoms with Crippen molar-refractivity contribution in [3.05, 3.63) is 45.7 Å². The third-order valence-corrected chi connectivity index (χ3v) is 5.25. The third-order valence-electron chi connectivity index (χ3n) is 4.85. The Morgan fingerprint density at radius 2 is 1.90 bits per heavy atom. The molecule has 0 aliphatic rings. The van der Waals surface area contributed by atoms with E-state index < -0.39 is 0 Å². The largest absolute Gasteiger partial charge is 0.493 e. The molecule has 158 valence electrons. The van der Waals surface area contributed by atoms with Crippen LogP contribution in [0.5, 0.6) is 11.5 Å². The summed E-state index contributed by atoms with van der Waals surface area (Å²) in [5.41, 5.74) is 3.62. The minimum Gasteiger partial charge on any atom is -0.493 e. The highest BCUT2D eigenvalue weighted by molar-refractivity contribution is 6.31. The molecular weight excluding hydrogens is 390 g/mol. The topological polar surface area (TPSA) is 56.6 Å². The smallest absolute Gasteiger partial charge is 0.246 e. The van der Waals surface area contributed by atoms with Gasteiger partial charge in [0, 0.05) is 31.8 Å². The van der Waals surface area contributed by atoms with E-state index in [-0.39, 0.29) is 5.91 Å². The van der Waals surface area contributed by atoms with Gasteiger partial charge in [-0.1, -0.05) is 24.9 Å². The predicted molar refractivity (Wildman–Crippen MR) is 117 cm³/mol. The average Bonchev–Trinajstić information content (AvgIpc) is 2.98. The summed E-state index contributed by atoms with van der Waals surface area (Å²) < 4.78 is 12.5. The number of carbonyl (C=O) groups is 1. The van der Waals surface area contributed by atoms with Gasteiger partial charge in [-0.2, -0.15) is 5.10 Å². The Labute approximate surface area is 178 Å². The van der Waals surface area contributed by atoms with Gasteiger partial charge in [-0.3, -0.25) is 9.48 Å². The molecule has 1 aromatic heterocycles. The second-order valence-electron chi connectivity index (χ2n) is 7.03. The molecule has 2 aromatic rings. The van der Waals surface area contributed by atoms with Crippen molar-refractivity contribution in [2.24, 2.45) is 0 Å². The fourth-order valence-corrected chi connectivity index (χ4v) is 3.34. The van der Waals surface area contributed by atoms with Crippen LogP contribution in [0.3, 0.4) is 0 Å². The first-order valence-electron chi connectivity index (χ1n) is 9.69. The Hall–Kier alpha value is -2.47. The lowest BCUT2D eigenvalue weighted by molar-refractivity contribution is -0.125. The Morgan fingerprint density at radius 1 is 1.24 bits per heavy atom. The molecule has 0 bridgehead atoms. The van der Waals surface area contributed by atoms with Crippen molar-refractivity contribution in [1.29, 1.82) is 0 Å². The standard InChI is InChI=1S/C22H30ClN3O3/c1-7-8-11-26-22(23)18(16(3)24-26)9-10-21(27)25(4)14-17-13-20(29-6)19(28-5)12-15(17)2/h9-10,12-13H,7-8,11,14H2,1-6H3/b10-9+. The fourth-order valence-electron chi connectivity index (χ4n) is 3.02. The van der Waals surface area contributed by atoms with Crippen molar-refractivity contribution in [1.82, 2.24) is 14.7 Å². The molecule has 1 heterocycles. The van der Waals surface area contributed by atoms with Crippen LogP contribution in [0, 0.1) is 13.8 Å². The van der Waals surface area contributed by atoms with Gasteiger partial charge in [0.15, 0.2) is 11.5 Å². The van der Waals surface area contributed by atoms with E-state index >= 15 is 0 Å². The molecule has 6 nitrogen and oxygen atoms in total. The van der Waals surface area contributed by atoms with Crippen molar-refractivity contribution < 1.29 is 14.3 Å². The first-order valence-corrected chi connectivity index (χ1v) is 10.1. The number of aryl methyl sites for hydroxylation is 3. The van der Waals surface area contributed by atoms with Crippen LogP contribution in [0.4, 0.5) is 0 Å². The second-order valence-corrected chi connectivity index (χ2v) is 7.39. The molecule has 0 saturated heterocycles. The summed E-state index contributed by atoms with van der Waals surface area (Å²) in [7, 11) is 4.97. The van der Waals surface area contributed by atoms with E-state index in [4.69, 9.17) is 21.1 Å². The van der Waals surface area contributed by atoms with E-state index in [0.717, 1.165) is 41.8 Å². The number of nitrogens with zero attached hydrogens (tertiary/aromatic N) is 3. The normalized spacial score (nSPS) is 11.1. The summed E-state index contributed by atoms with van der Waals surface area (Å²) in [5.74, 6) is 1.20. The number of carbonyl (C=O) groups excluding carboxylic acids is 1. The Kier molecular flexibility index (Phi) is 8.14. The van der Waals surface area contributed by atoms with Gasteiger partial charge in [-0.05, 0) is 49.6 Å². The molecule has 0 saturated carbocycles. The molecule has 0 fully saturated rings. The molecule has 1 aromatic carbocycles. The Bertz CT molecular complexity index is 890. The summed E-state index contributed by atoms with van der Waals surface area (Å²) in [5, 5.41) is 5.04. The zero-order chi connectivity index (χ0) is 21.6. The van der Waals surface area contributed by atoms with Gasteiger partial charge in [0.1, 0.15) is 5.15 Å². The monoisotopic (exact) mass is 419 g/mol. The molecule has 0 N–H and O–H groups in total. The first-order chi connectivity index (χ1) is 13.8. The summed E-state index contributed by atoms with van der Waals surface area (Å²) in [6.07, 6.45) is 5.36. The van der Waals surface area contributed by atoms with Crippen LogP contribution in [-0.4, -0.2) is 41.9 Å². The lowest BCUT2D eigenvalue weighted by atomic mass is 10.1. The first kappa shape index (κ1) is 22.8. The van der Waals surface area contributed by atoms with E-state index in [1.807, 2.05) is 26.0 Å². The van der Waals surface area contributed by atoms with Crippen molar-refractivity contribution in [3.63, 3.8) is 0 Å². The number of unbranched alkanes of at least 4 members (excludes halogenated alkanes) is 1. The van der Waals surface area contributed by atoms with Gasteiger partial charge in [0.2, 0.25) is 5.91 Å². The van der Waals surface area contributed by atoms with Crippen molar-refractivity contribution in [3.8, 4) is 11.5 Å². The number of halogens is 1. The molecule has 0 spiro atoms. The van der Waals surface area contributed by atoms with Crippen LogP contribution >= 0.6 is 11.6 Å². The summed E-state index contributed by atoms with van der Waals surface area (Å²) in [6.45, 7) is 7.24. The van der Waals surface area contributed by atoms with E-state index in [0.29, 0.717) is 23.2 Å². The number of amides is 1. The number of rotatable bonds is 9. The van der Waals surface area contributed by atoms with Crippen LogP contribution < -0.4 is 9.47 Å². The van der Waals surface area contributed by atoms with E-state index in [2.05, 4.69) is 12.0 Å². The van der Waals surface area contributed by atoms with Gasteiger partial charge in [-0.15, -0.1) is 0 Å². The second kappa shape index (κ2) is 10.3. The molecule has 0 atom stereocenters. The maximum Gasteiger partial charge on any atom is 0.246 e. The van der Waals surface area contributed by atoms with E-state index in [1.54, 1.807) is 36.9 Å². The van der Waals surface area contributed by atoms with Crippen molar-refractivity contribution in [2.75, 3.05) is 21.3 Å². The molecular formula is C22H30ClN3O3. The van der Waals surface area contributed by atoms with Gasteiger partial charge in [0.25, 0.3) is 0 Å². The molecule has 2 rings (SSSR count). The van der Waals surface area contributed by atoms with Gasteiger partial charge >= 0.3 is 0 Å². The van der Waals surface area contributed by atoms with Crippen LogP contribution in [0.2, 0.25) is 5.15 Å². The fraction of sp³-hybridized carbons (Fsp3) is 0.455. The third kappa shape index (κ3) is 5.54. The molecule has 0 radical (unpaired) electrons. The minimum absolute atomic E-state index is 0.115. The minimum atomic E-state index is -0.115. The quantitative estimate of drug-likeness (QED) is 0.555. The van der Waals surface area contributed by atoms with Crippen molar-refractivity contribution in [2.45, 2.75) is 46.7 Å². The average molecular weight is 420 g/mol.